The molecule has 0 radical (unpaired) electrons. The Labute approximate surface area is 165 Å². The van der Waals surface area contributed by atoms with Crippen molar-refractivity contribution >= 4 is 23.4 Å². The minimum atomic E-state index is -0.0407. The zero-order chi connectivity index (χ0) is 19.4. The average Bonchev–Trinajstić information content (AvgIpc) is 3.27. The predicted octanol–water partition coefficient (Wildman–Crippen LogP) is 3.93. The van der Waals surface area contributed by atoms with Crippen molar-refractivity contribution in [3.63, 3.8) is 0 Å². The summed E-state index contributed by atoms with van der Waals surface area (Å²) in [6, 6.07) is 5.95. The second-order valence-corrected chi connectivity index (χ2v) is 8.32. The van der Waals surface area contributed by atoms with Crippen LogP contribution >= 0.6 is 11.8 Å². The summed E-state index contributed by atoms with van der Waals surface area (Å²) in [6.07, 6.45) is 2.37. The fraction of sp³-hybridized carbons (Fsp3) is 0.550. The van der Waals surface area contributed by atoms with Crippen LogP contribution in [0.3, 0.4) is 0 Å². The second-order valence-electron chi connectivity index (χ2n) is 7.38. The SMILES string of the molecule is Cc1ccc(NC(=O)CSc2nnc(C(C)C)n2CC2CCCO2)cc1C. The Morgan fingerprint density at radius 1 is 1.33 bits per heavy atom. The summed E-state index contributed by atoms with van der Waals surface area (Å²) >= 11 is 1.43. The Balaban J connectivity index is 1.64. The van der Waals surface area contributed by atoms with Crippen LogP contribution in [-0.2, 0) is 16.1 Å². The van der Waals surface area contributed by atoms with E-state index in [0.717, 1.165) is 42.7 Å². The molecular formula is C20H28N4O2S. The molecule has 1 fully saturated rings. The fourth-order valence-corrected chi connectivity index (χ4v) is 3.90. The number of carbonyl (C=O) groups excluding carboxylic acids is 1. The molecule has 1 amide bonds. The Bertz CT molecular complexity index is 797. The van der Waals surface area contributed by atoms with Gasteiger partial charge in [-0.25, -0.2) is 0 Å². The van der Waals surface area contributed by atoms with Gasteiger partial charge in [0.25, 0.3) is 0 Å². The first-order chi connectivity index (χ1) is 12.9. The highest BCUT2D eigenvalue weighted by Crippen LogP contribution is 2.25. The van der Waals surface area contributed by atoms with E-state index in [0.29, 0.717) is 5.75 Å². The molecule has 3 rings (SSSR count). The van der Waals surface area contributed by atoms with E-state index in [1.165, 1.54) is 22.9 Å². The first-order valence-electron chi connectivity index (χ1n) is 9.48. The molecule has 2 heterocycles. The Hall–Kier alpha value is -1.86. The number of rotatable bonds is 7. The van der Waals surface area contributed by atoms with Crippen molar-refractivity contribution in [1.29, 1.82) is 0 Å². The fourth-order valence-electron chi connectivity index (χ4n) is 3.14. The zero-order valence-electron chi connectivity index (χ0n) is 16.5. The minimum absolute atomic E-state index is 0.0407. The summed E-state index contributed by atoms with van der Waals surface area (Å²) in [5.41, 5.74) is 3.21. The highest BCUT2D eigenvalue weighted by Gasteiger charge is 2.22. The number of thioether (sulfide) groups is 1. The highest BCUT2D eigenvalue weighted by atomic mass is 32.2. The minimum Gasteiger partial charge on any atom is -0.376 e. The van der Waals surface area contributed by atoms with E-state index in [2.05, 4.69) is 40.9 Å². The van der Waals surface area contributed by atoms with Crippen LogP contribution in [-0.4, -0.2) is 39.1 Å². The van der Waals surface area contributed by atoms with Gasteiger partial charge in [0.15, 0.2) is 5.16 Å². The molecule has 2 aromatic rings. The summed E-state index contributed by atoms with van der Waals surface area (Å²) in [5, 5.41) is 12.4. The highest BCUT2D eigenvalue weighted by molar-refractivity contribution is 7.99. The summed E-state index contributed by atoms with van der Waals surface area (Å²) < 4.78 is 7.90. The van der Waals surface area contributed by atoms with Crippen molar-refractivity contribution in [1.82, 2.24) is 14.8 Å². The van der Waals surface area contributed by atoms with Gasteiger partial charge in [0, 0.05) is 18.2 Å². The lowest BCUT2D eigenvalue weighted by Crippen LogP contribution is -2.19. The van der Waals surface area contributed by atoms with Gasteiger partial charge >= 0.3 is 0 Å². The predicted molar refractivity (Wildman–Crippen MR) is 108 cm³/mol. The lowest BCUT2D eigenvalue weighted by atomic mass is 10.1. The molecule has 27 heavy (non-hydrogen) atoms. The van der Waals surface area contributed by atoms with E-state index < -0.39 is 0 Å². The normalized spacial score (nSPS) is 16.9. The number of hydrogen-bond acceptors (Lipinski definition) is 5. The van der Waals surface area contributed by atoms with Gasteiger partial charge < -0.3 is 14.6 Å². The third-order valence-corrected chi connectivity index (χ3v) is 5.76. The summed E-state index contributed by atoms with van der Waals surface area (Å²) in [5.74, 6) is 1.48. The van der Waals surface area contributed by atoms with Gasteiger partial charge in [0.05, 0.1) is 18.4 Å². The molecule has 1 saturated heterocycles. The lowest BCUT2D eigenvalue weighted by molar-refractivity contribution is -0.113. The van der Waals surface area contributed by atoms with Gasteiger partial charge in [-0.3, -0.25) is 4.79 Å². The molecule has 1 N–H and O–H groups in total. The Morgan fingerprint density at radius 3 is 2.81 bits per heavy atom. The van der Waals surface area contributed by atoms with Crippen LogP contribution in [0.15, 0.2) is 23.4 Å². The number of hydrogen-bond donors (Lipinski definition) is 1. The molecule has 1 aliphatic heterocycles. The maximum atomic E-state index is 12.4. The van der Waals surface area contributed by atoms with Gasteiger partial charge in [-0.05, 0) is 49.9 Å². The van der Waals surface area contributed by atoms with Crippen LogP contribution < -0.4 is 5.32 Å². The standard InChI is InChI=1S/C20H28N4O2S/c1-13(2)19-22-23-20(24(19)11-17-6-5-9-26-17)27-12-18(25)21-16-8-7-14(3)15(4)10-16/h7-8,10,13,17H,5-6,9,11-12H2,1-4H3,(H,21,25). The second kappa shape index (κ2) is 8.89. The van der Waals surface area contributed by atoms with E-state index >= 15 is 0 Å². The molecule has 1 unspecified atom stereocenters. The van der Waals surface area contributed by atoms with Gasteiger partial charge in [0.2, 0.25) is 5.91 Å². The topological polar surface area (TPSA) is 69.0 Å². The van der Waals surface area contributed by atoms with Gasteiger partial charge in [0.1, 0.15) is 5.82 Å². The molecule has 146 valence electrons. The number of benzene rings is 1. The van der Waals surface area contributed by atoms with E-state index in [1.54, 1.807) is 0 Å². The molecule has 6 nitrogen and oxygen atoms in total. The number of anilines is 1. The molecule has 1 aromatic heterocycles. The number of carbonyl (C=O) groups is 1. The van der Waals surface area contributed by atoms with Crippen LogP contribution in [0.25, 0.3) is 0 Å². The van der Waals surface area contributed by atoms with E-state index in [1.807, 2.05) is 25.1 Å². The summed E-state index contributed by atoms with van der Waals surface area (Å²) in [4.78, 5) is 12.4. The van der Waals surface area contributed by atoms with E-state index in [-0.39, 0.29) is 17.9 Å². The first-order valence-corrected chi connectivity index (χ1v) is 10.5. The molecule has 1 aromatic carbocycles. The maximum Gasteiger partial charge on any atom is 0.234 e. The van der Waals surface area contributed by atoms with Crippen molar-refractivity contribution < 1.29 is 9.53 Å². The number of aryl methyl sites for hydroxylation is 2. The third-order valence-electron chi connectivity index (χ3n) is 4.80. The smallest absolute Gasteiger partial charge is 0.234 e. The van der Waals surface area contributed by atoms with Crippen LogP contribution in [0.1, 0.15) is 49.6 Å². The molecule has 0 spiro atoms. The van der Waals surface area contributed by atoms with Crippen molar-refractivity contribution in [2.45, 2.75) is 64.3 Å². The number of amides is 1. The number of nitrogens with one attached hydrogen (secondary N) is 1. The van der Waals surface area contributed by atoms with Crippen molar-refractivity contribution in [2.24, 2.45) is 0 Å². The van der Waals surface area contributed by atoms with Gasteiger partial charge in [-0.15, -0.1) is 10.2 Å². The van der Waals surface area contributed by atoms with Crippen molar-refractivity contribution in [3.05, 3.63) is 35.2 Å². The molecular weight excluding hydrogens is 360 g/mol. The van der Waals surface area contributed by atoms with E-state index in [4.69, 9.17) is 4.74 Å². The zero-order valence-corrected chi connectivity index (χ0v) is 17.3. The van der Waals surface area contributed by atoms with Gasteiger partial charge in [-0.1, -0.05) is 31.7 Å². The quantitative estimate of drug-likeness (QED) is 0.728. The number of nitrogens with zero attached hydrogens (tertiary/aromatic N) is 3. The largest absolute Gasteiger partial charge is 0.376 e. The number of aromatic nitrogens is 3. The van der Waals surface area contributed by atoms with Crippen LogP contribution in [0, 0.1) is 13.8 Å². The molecule has 0 bridgehead atoms. The third kappa shape index (κ3) is 5.11. The molecule has 0 aliphatic carbocycles. The first kappa shape index (κ1) is 19.9. The Kier molecular flexibility index (Phi) is 6.55. The van der Waals surface area contributed by atoms with E-state index in [9.17, 15) is 4.79 Å². The number of ether oxygens (including phenoxy) is 1. The molecule has 1 atom stereocenters. The van der Waals surface area contributed by atoms with Crippen LogP contribution in [0.2, 0.25) is 0 Å². The molecule has 0 saturated carbocycles. The van der Waals surface area contributed by atoms with Crippen molar-refractivity contribution in [2.75, 3.05) is 17.7 Å². The van der Waals surface area contributed by atoms with Crippen LogP contribution in [0.5, 0.6) is 0 Å². The molecule has 1 aliphatic rings. The maximum absolute atomic E-state index is 12.4. The average molecular weight is 389 g/mol. The Morgan fingerprint density at radius 2 is 2.15 bits per heavy atom. The summed E-state index contributed by atoms with van der Waals surface area (Å²) in [6.45, 7) is 9.89. The van der Waals surface area contributed by atoms with Crippen LogP contribution in [0.4, 0.5) is 5.69 Å². The van der Waals surface area contributed by atoms with Crippen molar-refractivity contribution in [3.8, 4) is 0 Å². The molecule has 7 heteroatoms. The lowest BCUT2D eigenvalue weighted by Gasteiger charge is -2.16. The monoisotopic (exact) mass is 388 g/mol. The van der Waals surface area contributed by atoms with Gasteiger partial charge in [-0.2, -0.15) is 0 Å². The summed E-state index contributed by atoms with van der Waals surface area (Å²) in [7, 11) is 0.